The van der Waals surface area contributed by atoms with E-state index in [-0.39, 0.29) is 11.0 Å². The van der Waals surface area contributed by atoms with Crippen LogP contribution in [0.2, 0.25) is 5.02 Å². The molecule has 6 heteroatoms. The van der Waals surface area contributed by atoms with E-state index in [9.17, 15) is 4.79 Å². The van der Waals surface area contributed by atoms with Crippen molar-refractivity contribution in [3.63, 3.8) is 0 Å². The maximum Gasteiger partial charge on any atom is 0.266 e. The number of benzene rings is 3. The lowest BCUT2D eigenvalue weighted by Gasteiger charge is -2.22. The molecule has 0 N–H and O–H groups in total. The zero-order valence-corrected chi connectivity index (χ0v) is 22.0. The molecule has 0 fully saturated rings. The Morgan fingerprint density at radius 3 is 2.32 bits per heavy atom. The van der Waals surface area contributed by atoms with E-state index in [1.165, 1.54) is 22.3 Å². The first-order chi connectivity index (χ1) is 16.1. The van der Waals surface area contributed by atoms with Gasteiger partial charge in [-0.05, 0) is 71.8 Å². The van der Waals surface area contributed by atoms with Crippen molar-refractivity contribution in [3.05, 3.63) is 92.2 Å². The molecule has 3 aromatic carbocycles. The number of hydrogen-bond donors (Lipinski definition) is 0. The quantitative estimate of drug-likeness (QED) is 0.217. The van der Waals surface area contributed by atoms with Crippen LogP contribution in [-0.2, 0) is 11.2 Å². The highest BCUT2D eigenvalue weighted by Gasteiger charge is 2.18. The molecule has 1 aromatic heterocycles. The number of thioether (sulfide) groups is 1. The van der Waals surface area contributed by atoms with Crippen molar-refractivity contribution >= 4 is 34.3 Å². The molecule has 0 amide bonds. The highest BCUT2D eigenvalue weighted by molar-refractivity contribution is 7.98. The van der Waals surface area contributed by atoms with Crippen molar-refractivity contribution in [1.82, 2.24) is 9.55 Å². The summed E-state index contributed by atoms with van der Waals surface area (Å²) in [5.74, 6) is 1.27. The summed E-state index contributed by atoms with van der Waals surface area (Å²) in [5, 5.41) is 1.64. The Bertz CT molecular complexity index is 1410. The molecule has 0 aliphatic carbocycles. The summed E-state index contributed by atoms with van der Waals surface area (Å²) in [7, 11) is 1.57. The molecule has 4 rings (SSSR count). The maximum absolute atomic E-state index is 13.6. The van der Waals surface area contributed by atoms with Crippen LogP contribution in [0.3, 0.4) is 0 Å². The van der Waals surface area contributed by atoms with Crippen LogP contribution in [0.15, 0.2) is 64.5 Å². The Kier molecular flexibility index (Phi) is 6.79. The molecule has 0 aliphatic heterocycles. The van der Waals surface area contributed by atoms with Gasteiger partial charge >= 0.3 is 0 Å². The number of fused-ring (bicyclic) bond motifs is 1. The van der Waals surface area contributed by atoms with Crippen molar-refractivity contribution in [2.24, 2.45) is 0 Å². The summed E-state index contributed by atoms with van der Waals surface area (Å²) in [6, 6.07) is 17.3. The van der Waals surface area contributed by atoms with Gasteiger partial charge < -0.3 is 4.74 Å². The molecule has 0 radical (unpaired) electrons. The fourth-order valence-electron chi connectivity index (χ4n) is 4.02. The molecule has 0 aliphatic rings. The number of methoxy groups -OCH3 is 1. The summed E-state index contributed by atoms with van der Waals surface area (Å²) in [4.78, 5) is 18.4. The third-order valence-corrected chi connectivity index (χ3v) is 7.31. The predicted octanol–water partition coefficient (Wildman–Crippen LogP) is 7.25. The van der Waals surface area contributed by atoms with Gasteiger partial charge in [0.25, 0.3) is 5.56 Å². The number of aryl methyl sites for hydroxylation is 2. The van der Waals surface area contributed by atoms with Crippen molar-refractivity contribution in [2.45, 2.75) is 50.9 Å². The van der Waals surface area contributed by atoms with E-state index in [4.69, 9.17) is 21.3 Å². The molecular formula is C28H29ClN2O2S. The van der Waals surface area contributed by atoms with Crippen molar-refractivity contribution < 1.29 is 4.74 Å². The monoisotopic (exact) mass is 492 g/mol. The molecule has 4 aromatic rings. The molecule has 0 saturated carbocycles. The van der Waals surface area contributed by atoms with E-state index in [0.29, 0.717) is 38.3 Å². The summed E-state index contributed by atoms with van der Waals surface area (Å²) in [6.45, 7) is 11.0. The van der Waals surface area contributed by atoms with Crippen LogP contribution in [0.5, 0.6) is 5.75 Å². The molecule has 1 heterocycles. The summed E-state index contributed by atoms with van der Waals surface area (Å²) < 4.78 is 6.94. The van der Waals surface area contributed by atoms with E-state index in [0.717, 1.165) is 0 Å². The number of rotatable bonds is 5. The lowest BCUT2D eigenvalue weighted by molar-refractivity contribution is 0.415. The van der Waals surface area contributed by atoms with Gasteiger partial charge in [-0.2, -0.15) is 0 Å². The van der Waals surface area contributed by atoms with Gasteiger partial charge in [-0.1, -0.05) is 68.4 Å². The number of halogens is 1. The van der Waals surface area contributed by atoms with Crippen LogP contribution in [-0.4, -0.2) is 16.7 Å². The largest absolute Gasteiger partial charge is 0.495 e. The fraction of sp³-hybridized carbons (Fsp3) is 0.286. The van der Waals surface area contributed by atoms with Gasteiger partial charge in [-0.15, -0.1) is 0 Å². The molecule has 0 bridgehead atoms. The number of aromatic nitrogens is 2. The molecule has 4 nitrogen and oxygen atoms in total. The minimum absolute atomic E-state index is 0.0925. The van der Waals surface area contributed by atoms with Gasteiger partial charge in [-0.3, -0.25) is 9.36 Å². The minimum Gasteiger partial charge on any atom is -0.495 e. The van der Waals surface area contributed by atoms with Gasteiger partial charge in [0.1, 0.15) is 5.75 Å². The lowest BCUT2D eigenvalue weighted by Crippen LogP contribution is -2.21. The fourth-order valence-corrected chi connectivity index (χ4v) is 5.48. The van der Waals surface area contributed by atoms with Crippen LogP contribution in [0, 0.1) is 13.8 Å². The highest BCUT2D eigenvalue weighted by Crippen LogP contribution is 2.32. The Balaban J connectivity index is 1.81. The zero-order chi connectivity index (χ0) is 24.6. The van der Waals surface area contributed by atoms with Crippen LogP contribution >= 0.6 is 23.4 Å². The normalized spacial score (nSPS) is 11.7. The lowest BCUT2D eigenvalue weighted by atomic mass is 9.84. The average Bonchev–Trinajstić information content (AvgIpc) is 2.78. The van der Waals surface area contributed by atoms with E-state index in [1.54, 1.807) is 41.6 Å². The van der Waals surface area contributed by atoms with E-state index < -0.39 is 0 Å². The minimum atomic E-state index is -0.120. The first-order valence-electron chi connectivity index (χ1n) is 11.2. The van der Waals surface area contributed by atoms with Crippen LogP contribution in [0.25, 0.3) is 16.6 Å². The number of para-hydroxylation sites is 1. The molecule has 0 spiro atoms. The van der Waals surface area contributed by atoms with Crippen LogP contribution < -0.4 is 10.3 Å². The molecule has 34 heavy (non-hydrogen) atoms. The summed E-state index contributed by atoms with van der Waals surface area (Å²) in [5.41, 5.74) is 6.40. The SMILES string of the molecule is COc1ccc(-n2c(SCc3c(C)cc(C(C)(C)C)cc3C)nc3ccccc3c2=O)cc1Cl. The van der Waals surface area contributed by atoms with Gasteiger partial charge in [0.2, 0.25) is 0 Å². The molecular weight excluding hydrogens is 464 g/mol. The smallest absolute Gasteiger partial charge is 0.266 e. The predicted molar refractivity (Wildman–Crippen MR) is 143 cm³/mol. The van der Waals surface area contributed by atoms with Gasteiger partial charge in [0.05, 0.1) is 28.7 Å². The standard InChI is InChI=1S/C28H29ClN2O2S/c1-17-13-19(28(3,4)5)14-18(2)22(17)16-34-27-30-24-10-8-7-9-21(24)26(32)31(27)20-11-12-25(33-6)23(29)15-20/h7-15H,16H2,1-6H3. The highest BCUT2D eigenvalue weighted by atomic mass is 35.5. The van der Waals surface area contributed by atoms with Crippen LogP contribution in [0.1, 0.15) is 43.0 Å². The third-order valence-electron chi connectivity index (χ3n) is 6.05. The Labute approximate surface area is 209 Å². The second-order valence-corrected chi connectivity index (χ2v) is 10.8. The summed E-state index contributed by atoms with van der Waals surface area (Å²) in [6.07, 6.45) is 0. The molecule has 176 valence electrons. The molecule has 0 atom stereocenters. The van der Waals surface area contributed by atoms with Crippen molar-refractivity contribution in [3.8, 4) is 11.4 Å². The van der Waals surface area contributed by atoms with Crippen molar-refractivity contribution in [2.75, 3.05) is 7.11 Å². The second-order valence-electron chi connectivity index (χ2n) is 9.50. The second kappa shape index (κ2) is 9.47. The van der Waals surface area contributed by atoms with Crippen molar-refractivity contribution in [1.29, 1.82) is 0 Å². The van der Waals surface area contributed by atoms with Gasteiger partial charge in [0, 0.05) is 5.75 Å². The first kappa shape index (κ1) is 24.4. The Morgan fingerprint density at radius 2 is 1.71 bits per heavy atom. The number of ether oxygens (including phenoxy) is 1. The van der Waals surface area contributed by atoms with E-state index >= 15 is 0 Å². The van der Waals surface area contributed by atoms with E-state index in [1.807, 2.05) is 24.3 Å². The van der Waals surface area contributed by atoms with E-state index in [2.05, 4.69) is 46.8 Å². The number of nitrogens with zero attached hydrogens (tertiary/aromatic N) is 2. The number of hydrogen-bond acceptors (Lipinski definition) is 4. The Hall–Kier alpha value is -2.76. The third kappa shape index (κ3) is 4.73. The van der Waals surface area contributed by atoms with Crippen LogP contribution in [0.4, 0.5) is 0 Å². The molecule has 0 unspecified atom stereocenters. The Morgan fingerprint density at radius 1 is 1.03 bits per heavy atom. The first-order valence-corrected chi connectivity index (χ1v) is 12.6. The molecule has 0 saturated heterocycles. The zero-order valence-electron chi connectivity index (χ0n) is 20.4. The topological polar surface area (TPSA) is 44.1 Å². The maximum atomic E-state index is 13.6. The van der Waals surface area contributed by atoms with Gasteiger partial charge in [-0.25, -0.2) is 4.98 Å². The summed E-state index contributed by atoms with van der Waals surface area (Å²) >= 11 is 7.96. The average molecular weight is 493 g/mol. The van der Waals surface area contributed by atoms with Gasteiger partial charge in [0.15, 0.2) is 5.16 Å².